The molecule has 0 fully saturated rings. The number of aromatic nitrogens is 1. The molecule has 2 unspecified atom stereocenters. The number of hydrogen-bond acceptors (Lipinski definition) is 4. The van der Waals surface area contributed by atoms with Crippen LogP contribution in [0.25, 0.3) is 0 Å². The van der Waals surface area contributed by atoms with Gasteiger partial charge in [-0.05, 0) is 25.5 Å². The molecule has 118 valence electrons. The molecule has 0 saturated heterocycles. The summed E-state index contributed by atoms with van der Waals surface area (Å²) in [5.74, 6) is 0.432. The smallest absolute Gasteiger partial charge is 0.389 e. The molecule has 1 heterocycles. The number of halogens is 3. The summed E-state index contributed by atoms with van der Waals surface area (Å²) in [6.07, 6.45) is -2.45. The third-order valence-electron chi connectivity index (χ3n) is 2.67. The second kappa shape index (κ2) is 7.17. The number of thiocarbonyl (C=S) groups is 1. The topological polar surface area (TPSA) is 68.0 Å². The molecule has 0 aliphatic heterocycles. The molecule has 0 radical (unpaired) electrons. The van der Waals surface area contributed by atoms with E-state index in [1.54, 1.807) is 13.2 Å². The summed E-state index contributed by atoms with van der Waals surface area (Å²) >= 11 is 4.81. The Morgan fingerprint density at radius 2 is 2.14 bits per heavy atom. The first-order valence-corrected chi connectivity index (χ1v) is 8.19. The predicted octanol–water partition coefficient (Wildman–Crippen LogP) is 2.30. The van der Waals surface area contributed by atoms with E-state index in [0.717, 1.165) is 6.07 Å². The summed E-state index contributed by atoms with van der Waals surface area (Å²) < 4.78 is 49.1. The molecule has 0 bridgehead atoms. The van der Waals surface area contributed by atoms with Crippen LogP contribution in [-0.4, -0.2) is 32.2 Å². The van der Waals surface area contributed by atoms with E-state index in [1.165, 1.54) is 6.07 Å². The number of anilines is 1. The fraction of sp³-hybridized carbons (Fsp3) is 0.500. The normalized spacial score (nSPS) is 14.5. The Labute approximate surface area is 128 Å². The van der Waals surface area contributed by atoms with Gasteiger partial charge in [0.05, 0.1) is 5.56 Å². The number of hydrogen-bond donors (Lipinski definition) is 2. The predicted molar refractivity (Wildman–Crippen MR) is 81.8 cm³/mol. The molecule has 1 aromatic heterocycles. The SMILES string of the molecule is CC(CCS(C)=O)Nc1nc(C(F)(F)F)ccc1C(N)=S. The van der Waals surface area contributed by atoms with Crippen molar-refractivity contribution >= 4 is 33.8 Å². The zero-order valence-corrected chi connectivity index (χ0v) is 13.2. The van der Waals surface area contributed by atoms with Crippen LogP contribution in [0, 0.1) is 0 Å². The second-order valence-corrected chi connectivity index (χ2v) is 6.56. The van der Waals surface area contributed by atoms with Crippen molar-refractivity contribution in [3.05, 3.63) is 23.4 Å². The molecular formula is C12H16F3N3OS2. The molecule has 21 heavy (non-hydrogen) atoms. The van der Waals surface area contributed by atoms with E-state index < -0.39 is 22.7 Å². The lowest BCUT2D eigenvalue weighted by atomic mass is 10.2. The molecule has 0 spiro atoms. The van der Waals surface area contributed by atoms with Crippen LogP contribution < -0.4 is 11.1 Å². The number of alkyl halides is 3. The molecule has 2 atom stereocenters. The van der Waals surface area contributed by atoms with Crippen molar-refractivity contribution < 1.29 is 17.4 Å². The van der Waals surface area contributed by atoms with Crippen LogP contribution in [-0.2, 0) is 17.0 Å². The summed E-state index contributed by atoms with van der Waals surface area (Å²) in [6.45, 7) is 1.76. The largest absolute Gasteiger partial charge is 0.433 e. The first-order chi connectivity index (χ1) is 9.61. The first kappa shape index (κ1) is 17.8. The van der Waals surface area contributed by atoms with Crippen molar-refractivity contribution in [2.24, 2.45) is 5.73 Å². The molecular weight excluding hydrogens is 323 g/mol. The molecule has 0 amide bonds. The summed E-state index contributed by atoms with van der Waals surface area (Å²) in [5, 5.41) is 2.85. The van der Waals surface area contributed by atoms with Crippen LogP contribution in [0.5, 0.6) is 0 Å². The fourth-order valence-corrected chi connectivity index (χ4v) is 2.42. The number of nitrogens with one attached hydrogen (secondary N) is 1. The van der Waals surface area contributed by atoms with E-state index in [0.29, 0.717) is 12.2 Å². The van der Waals surface area contributed by atoms with Crippen molar-refractivity contribution in [3.8, 4) is 0 Å². The number of nitrogens with two attached hydrogens (primary N) is 1. The van der Waals surface area contributed by atoms with Crippen LogP contribution in [0.2, 0.25) is 0 Å². The zero-order valence-electron chi connectivity index (χ0n) is 11.5. The van der Waals surface area contributed by atoms with E-state index >= 15 is 0 Å². The average Bonchev–Trinajstić information content (AvgIpc) is 2.34. The van der Waals surface area contributed by atoms with Gasteiger partial charge in [0, 0.05) is 28.9 Å². The van der Waals surface area contributed by atoms with Gasteiger partial charge in [-0.2, -0.15) is 13.2 Å². The Hall–Kier alpha value is -1.22. The minimum absolute atomic E-state index is 0.00768. The lowest BCUT2D eigenvalue weighted by Gasteiger charge is -2.18. The van der Waals surface area contributed by atoms with Crippen molar-refractivity contribution in [2.45, 2.75) is 25.6 Å². The molecule has 0 aliphatic carbocycles. The van der Waals surface area contributed by atoms with E-state index in [2.05, 4.69) is 10.3 Å². The Kier molecular flexibility index (Phi) is 6.09. The van der Waals surface area contributed by atoms with E-state index in [9.17, 15) is 17.4 Å². The van der Waals surface area contributed by atoms with Gasteiger partial charge in [0.25, 0.3) is 0 Å². The highest BCUT2D eigenvalue weighted by atomic mass is 32.2. The molecule has 3 N–H and O–H groups in total. The number of rotatable bonds is 6. The summed E-state index contributed by atoms with van der Waals surface area (Å²) in [5.41, 5.74) is 4.73. The summed E-state index contributed by atoms with van der Waals surface area (Å²) in [4.78, 5) is 3.52. The van der Waals surface area contributed by atoms with E-state index in [1.807, 2.05) is 0 Å². The van der Waals surface area contributed by atoms with Gasteiger partial charge in [-0.3, -0.25) is 4.21 Å². The number of nitrogens with zero attached hydrogens (tertiary/aromatic N) is 1. The van der Waals surface area contributed by atoms with Crippen LogP contribution in [0.1, 0.15) is 24.6 Å². The maximum atomic E-state index is 12.7. The summed E-state index contributed by atoms with van der Waals surface area (Å²) in [6, 6.07) is 1.83. The van der Waals surface area contributed by atoms with Crippen LogP contribution >= 0.6 is 12.2 Å². The van der Waals surface area contributed by atoms with Gasteiger partial charge in [-0.25, -0.2) is 4.98 Å². The third-order valence-corrected chi connectivity index (χ3v) is 3.70. The van der Waals surface area contributed by atoms with Gasteiger partial charge in [0.1, 0.15) is 16.5 Å². The van der Waals surface area contributed by atoms with Crippen LogP contribution in [0.15, 0.2) is 12.1 Å². The first-order valence-electron chi connectivity index (χ1n) is 6.06. The minimum Gasteiger partial charge on any atom is -0.389 e. The third kappa shape index (κ3) is 5.58. The Balaban J connectivity index is 3.01. The van der Waals surface area contributed by atoms with Crippen molar-refractivity contribution in [1.29, 1.82) is 0 Å². The highest BCUT2D eigenvalue weighted by molar-refractivity contribution is 7.84. The van der Waals surface area contributed by atoms with Gasteiger partial charge >= 0.3 is 6.18 Å². The van der Waals surface area contributed by atoms with E-state index in [-0.39, 0.29) is 22.4 Å². The molecule has 0 aliphatic rings. The fourth-order valence-electron chi connectivity index (χ4n) is 1.57. The van der Waals surface area contributed by atoms with Crippen LogP contribution in [0.3, 0.4) is 0 Å². The van der Waals surface area contributed by atoms with Crippen molar-refractivity contribution in [2.75, 3.05) is 17.3 Å². The minimum atomic E-state index is -4.54. The zero-order chi connectivity index (χ0) is 16.2. The molecule has 9 heteroatoms. The van der Waals surface area contributed by atoms with Gasteiger partial charge in [0.15, 0.2) is 0 Å². The second-order valence-electron chi connectivity index (χ2n) is 4.57. The Morgan fingerprint density at radius 1 is 1.52 bits per heavy atom. The van der Waals surface area contributed by atoms with Gasteiger partial charge in [-0.15, -0.1) is 0 Å². The Morgan fingerprint density at radius 3 is 2.62 bits per heavy atom. The molecule has 0 saturated carbocycles. The van der Waals surface area contributed by atoms with Crippen molar-refractivity contribution in [1.82, 2.24) is 4.98 Å². The van der Waals surface area contributed by atoms with Crippen LogP contribution in [0.4, 0.5) is 19.0 Å². The van der Waals surface area contributed by atoms with E-state index in [4.69, 9.17) is 18.0 Å². The van der Waals surface area contributed by atoms with Gasteiger partial charge < -0.3 is 11.1 Å². The van der Waals surface area contributed by atoms with Crippen molar-refractivity contribution in [3.63, 3.8) is 0 Å². The maximum absolute atomic E-state index is 12.7. The highest BCUT2D eigenvalue weighted by Crippen LogP contribution is 2.29. The standard InChI is InChI=1S/C12H16F3N3OS2/c1-7(5-6-21(2)19)17-11-8(10(16)20)3-4-9(18-11)12(13,14)15/h3-4,7H,5-6H2,1-2H3,(H2,16,20)(H,17,18). The molecule has 4 nitrogen and oxygen atoms in total. The monoisotopic (exact) mass is 339 g/mol. The molecule has 1 aromatic rings. The average molecular weight is 339 g/mol. The van der Waals surface area contributed by atoms with Gasteiger partial charge in [0.2, 0.25) is 0 Å². The highest BCUT2D eigenvalue weighted by Gasteiger charge is 2.33. The number of pyridine rings is 1. The maximum Gasteiger partial charge on any atom is 0.433 e. The lowest BCUT2D eigenvalue weighted by molar-refractivity contribution is -0.141. The quantitative estimate of drug-likeness (QED) is 0.779. The lowest BCUT2D eigenvalue weighted by Crippen LogP contribution is -2.23. The molecule has 0 aromatic carbocycles. The summed E-state index contributed by atoms with van der Waals surface area (Å²) in [7, 11) is -0.968. The molecule has 1 rings (SSSR count). The van der Waals surface area contributed by atoms with Gasteiger partial charge in [-0.1, -0.05) is 12.2 Å². The Bertz CT molecular complexity index is 549.